The topological polar surface area (TPSA) is 32.3 Å². The molecule has 0 radical (unpaired) electrons. The Bertz CT molecular complexity index is 114. The molecule has 0 aliphatic carbocycles. The Labute approximate surface area is 75.7 Å². The summed E-state index contributed by atoms with van der Waals surface area (Å²) >= 11 is 0. The molecule has 2 N–H and O–H groups in total. The van der Waals surface area contributed by atoms with E-state index in [4.69, 9.17) is 0 Å². The van der Waals surface area contributed by atoms with Gasteiger partial charge in [-0.2, -0.15) is 0 Å². The number of nitrogens with one attached hydrogen (secondary N) is 1. The van der Waals surface area contributed by atoms with Gasteiger partial charge in [0, 0.05) is 12.6 Å². The number of aliphatic hydroxyl groups is 1. The first-order valence-corrected chi connectivity index (χ1v) is 4.73. The number of hydrogen-bond acceptors (Lipinski definition) is 2. The van der Waals surface area contributed by atoms with Crippen molar-refractivity contribution in [3.8, 4) is 0 Å². The maximum atomic E-state index is 9.25. The van der Waals surface area contributed by atoms with Crippen LogP contribution in [0, 0.1) is 0 Å². The smallest absolute Gasteiger partial charge is 0.0662 e. The van der Waals surface area contributed by atoms with E-state index in [-0.39, 0.29) is 6.10 Å². The van der Waals surface area contributed by atoms with Crippen LogP contribution < -0.4 is 5.32 Å². The Balaban J connectivity index is 3.29. The van der Waals surface area contributed by atoms with Crippen LogP contribution in [0.3, 0.4) is 0 Å². The van der Waals surface area contributed by atoms with Crippen LogP contribution in [-0.2, 0) is 0 Å². The first-order valence-electron chi connectivity index (χ1n) is 4.73. The molecule has 2 nitrogen and oxygen atoms in total. The Morgan fingerprint density at radius 2 is 2.25 bits per heavy atom. The second kappa shape index (κ2) is 7.32. The van der Waals surface area contributed by atoms with Gasteiger partial charge in [-0.05, 0) is 26.2 Å². The molecule has 2 unspecified atom stereocenters. The van der Waals surface area contributed by atoms with Gasteiger partial charge in [-0.25, -0.2) is 0 Å². The van der Waals surface area contributed by atoms with Gasteiger partial charge >= 0.3 is 0 Å². The van der Waals surface area contributed by atoms with Crippen molar-refractivity contribution in [2.24, 2.45) is 0 Å². The van der Waals surface area contributed by atoms with Crippen LogP contribution in [0.5, 0.6) is 0 Å². The molecule has 2 atom stereocenters. The van der Waals surface area contributed by atoms with Crippen LogP contribution >= 0.6 is 0 Å². The molecular weight excluding hydrogens is 150 g/mol. The summed E-state index contributed by atoms with van der Waals surface area (Å²) in [7, 11) is 0. The highest BCUT2D eigenvalue weighted by Gasteiger charge is 2.03. The van der Waals surface area contributed by atoms with E-state index in [2.05, 4.69) is 18.8 Å². The summed E-state index contributed by atoms with van der Waals surface area (Å²) in [4.78, 5) is 0. The Hall–Kier alpha value is -0.340. The van der Waals surface area contributed by atoms with E-state index in [9.17, 15) is 5.11 Å². The molecule has 0 fully saturated rings. The molecule has 0 aromatic heterocycles. The highest BCUT2D eigenvalue weighted by molar-refractivity contribution is 4.71. The van der Waals surface area contributed by atoms with Crippen molar-refractivity contribution >= 4 is 0 Å². The molecule has 0 rings (SSSR count). The van der Waals surface area contributed by atoms with Crippen LogP contribution in [0.4, 0.5) is 0 Å². The molecule has 12 heavy (non-hydrogen) atoms. The van der Waals surface area contributed by atoms with Crippen molar-refractivity contribution < 1.29 is 5.11 Å². The van der Waals surface area contributed by atoms with Crippen LogP contribution in [-0.4, -0.2) is 23.8 Å². The average Bonchev–Trinajstić information content (AvgIpc) is 2.10. The molecule has 0 bridgehead atoms. The van der Waals surface area contributed by atoms with Gasteiger partial charge in [0.25, 0.3) is 0 Å². The fourth-order valence-electron chi connectivity index (χ4n) is 0.951. The zero-order valence-electron chi connectivity index (χ0n) is 8.21. The van der Waals surface area contributed by atoms with E-state index in [0.29, 0.717) is 12.6 Å². The molecule has 0 saturated carbocycles. The summed E-state index contributed by atoms with van der Waals surface area (Å²) in [6, 6.07) is 0.476. The predicted octanol–water partition coefficient (Wildman–Crippen LogP) is 1.70. The van der Waals surface area contributed by atoms with E-state index in [1.54, 1.807) is 0 Å². The fraction of sp³-hybridized carbons (Fsp3) is 0.800. The van der Waals surface area contributed by atoms with E-state index in [1.807, 2.05) is 13.0 Å². The Morgan fingerprint density at radius 3 is 2.75 bits per heavy atom. The molecule has 0 spiro atoms. The van der Waals surface area contributed by atoms with Gasteiger partial charge in [-0.15, -0.1) is 6.58 Å². The molecular formula is C10H21NO. The van der Waals surface area contributed by atoms with E-state index in [1.165, 1.54) is 0 Å². The van der Waals surface area contributed by atoms with Crippen molar-refractivity contribution in [2.45, 2.75) is 45.3 Å². The SMILES string of the molecule is C=CCCC(C)NCC(O)CC. The van der Waals surface area contributed by atoms with Gasteiger partial charge < -0.3 is 10.4 Å². The minimum absolute atomic E-state index is 0.198. The molecule has 0 aromatic rings. The molecule has 0 aromatic carbocycles. The molecule has 0 aliphatic heterocycles. The summed E-state index contributed by atoms with van der Waals surface area (Å²) in [5.41, 5.74) is 0. The molecule has 0 saturated heterocycles. The van der Waals surface area contributed by atoms with Crippen LogP contribution in [0.1, 0.15) is 33.1 Å². The summed E-state index contributed by atoms with van der Waals surface area (Å²) in [6.07, 6.45) is 4.68. The normalized spacial score (nSPS) is 15.6. The quantitative estimate of drug-likeness (QED) is 0.571. The minimum Gasteiger partial charge on any atom is -0.392 e. The van der Waals surface area contributed by atoms with E-state index < -0.39 is 0 Å². The average molecular weight is 171 g/mol. The second-order valence-electron chi connectivity index (χ2n) is 3.24. The maximum Gasteiger partial charge on any atom is 0.0662 e. The molecule has 2 heteroatoms. The van der Waals surface area contributed by atoms with E-state index in [0.717, 1.165) is 19.3 Å². The monoisotopic (exact) mass is 171 g/mol. The zero-order chi connectivity index (χ0) is 9.40. The lowest BCUT2D eigenvalue weighted by atomic mass is 10.1. The third kappa shape index (κ3) is 6.38. The van der Waals surface area contributed by atoms with Crippen LogP contribution in [0.25, 0.3) is 0 Å². The zero-order valence-corrected chi connectivity index (χ0v) is 8.21. The lowest BCUT2D eigenvalue weighted by molar-refractivity contribution is 0.163. The summed E-state index contributed by atoms with van der Waals surface area (Å²) < 4.78 is 0. The van der Waals surface area contributed by atoms with Crippen molar-refractivity contribution in [1.29, 1.82) is 0 Å². The predicted molar refractivity (Wildman–Crippen MR) is 53.2 cm³/mol. The Morgan fingerprint density at radius 1 is 1.58 bits per heavy atom. The number of allylic oxidation sites excluding steroid dienone is 1. The van der Waals surface area contributed by atoms with Gasteiger partial charge in [0.1, 0.15) is 0 Å². The number of rotatable bonds is 7. The first kappa shape index (κ1) is 11.7. The van der Waals surface area contributed by atoms with Crippen LogP contribution in [0.2, 0.25) is 0 Å². The molecule has 0 heterocycles. The summed E-state index contributed by atoms with van der Waals surface area (Å²) in [6.45, 7) is 8.49. The van der Waals surface area contributed by atoms with Crippen LogP contribution in [0.15, 0.2) is 12.7 Å². The summed E-state index contributed by atoms with van der Waals surface area (Å²) in [5.74, 6) is 0. The third-order valence-corrected chi connectivity index (χ3v) is 1.98. The molecule has 72 valence electrons. The fourth-order valence-corrected chi connectivity index (χ4v) is 0.951. The summed E-state index contributed by atoms with van der Waals surface area (Å²) in [5, 5.41) is 12.5. The molecule has 0 aliphatic rings. The van der Waals surface area contributed by atoms with Gasteiger partial charge in [0.2, 0.25) is 0 Å². The van der Waals surface area contributed by atoms with Gasteiger partial charge in [0.05, 0.1) is 6.10 Å². The maximum absolute atomic E-state index is 9.25. The number of hydrogen-bond donors (Lipinski definition) is 2. The Kier molecular flexibility index (Phi) is 7.11. The molecule has 0 amide bonds. The second-order valence-corrected chi connectivity index (χ2v) is 3.24. The largest absolute Gasteiger partial charge is 0.392 e. The van der Waals surface area contributed by atoms with Gasteiger partial charge in [0.15, 0.2) is 0 Å². The number of aliphatic hydroxyl groups excluding tert-OH is 1. The van der Waals surface area contributed by atoms with Crippen molar-refractivity contribution in [3.63, 3.8) is 0 Å². The lowest BCUT2D eigenvalue weighted by Gasteiger charge is -2.15. The third-order valence-electron chi connectivity index (χ3n) is 1.98. The van der Waals surface area contributed by atoms with Gasteiger partial charge in [-0.3, -0.25) is 0 Å². The highest BCUT2D eigenvalue weighted by Crippen LogP contribution is 1.97. The van der Waals surface area contributed by atoms with Crippen molar-refractivity contribution in [3.05, 3.63) is 12.7 Å². The van der Waals surface area contributed by atoms with E-state index >= 15 is 0 Å². The lowest BCUT2D eigenvalue weighted by Crippen LogP contribution is -2.33. The van der Waals surface area contributed by atoms with Gasteiger partial charge in [-0.1, -0.05) is 13.0 Å². The standard InChI is InChI=1S/C10H21NO/c1-4-6-7-9(3)11-8-10(12)5-2/h4,9-12H,1,5-8H2,2-3H3. The van der Waals surface area contributed by atoms with Crippen molar-refractivity contribution in [2.75, 3.05) is 6.54 Å². The van der Waals surface area contributed by atoms with Crippen molar-refractivity contribution in [1.82, 2.24) is 5.32 Å². The highest BCUT2D eigenvalue weighted by atomic mass is 16.3. The minimum atomic E-state index is -0.198. The first-order chi connectivity index (χ1) is 5.70.